The lowest BCUT2D eigenvalue weighted by Gasteiger charge is -2.22. The number of anilines is 2. The SMILES string of the molecule is CCN(C(=O)c1cccc(N)c1Cl)c1ccc(F)cc1. The van der Waals surface area contributed by atoms with Crippen molar-refractivity contribution in [2.75, 3.05) is 17.2 Å². The molecule has 3 nitrogen and oxygen atoms in total. The summed E-state index contributed by atoms with van der Waals surface area (Å²) >= 11 is 6.07. The molecule has 0 bridgehead atoms. The molecular weight excluding hydrogens is 279 g/mol. The molecule has 0 heterocycles. The Labute approximate surface area is 121 Å². The first-order chi connectivity index (χ1) is 9.54. The van der Waals surface area contributed by atoms with E-state index in [2.05, 4.69) is 0 Å². The van der Waals surface area contributed by atoms with Gasteiger partial charge in [0.15, 0.2) is 0 Å². The number of nitrogens with two attached hydrogens (primary N) is 1. The third kappa shape index (κ3) is 2.75. The van der Waals surface area contributed by atoms with Crippen molar-refractivity contribution in [1.82, 2.24) is 0 Å². The van der Waals surface area contributed by atoms with Crippen LogP contribution >= 0.6 is 11.6 Å². The minimum atomic E-state index is -0.348. The second-order valence-corrected chi connectivity index (χ2v) is 4.61. The quantitative estimate of drug-likeness (QED) is 0.876. The molecule has 0 radical (unpaired) electrons. The molecule has 0 aliphatic carbocycles. The standard InChI is InChI=1S/C15H14ClFN2O/c1-2-19(11-8-6-10(17)7-9-11)15(20)12-4-3-5-13(18)14(12)16/h3-9H,2,18H2,1H3. The van der Waals surface area contributed by atoms with E-state index in [4.69, 9.17) is 17.3 Å². The van der Waals surface area contributed by atoms with Gasteiger partial charge < -0.3 is 10.6 Å². The van der Waals surface area contributed by atoms with Gasteiger partial charge in [0.2, 0.25) is 0 Å². The number of nitrogen functional groups attached to an aromatic ring is 1. The van der Waals surface area contributed by atoms with E-state index >= 15 is 0 Å². The third-order valence-electron chi connectivity index (χ3n) is 2.96. The Kier molecular flexibility index (Phi) is 4.25. The number of benzene rings is 2. The first kappa shape index (κ1) is 14.3. The van der Waals surface area contributed by atoms with Gasteiger partial charge in [-0.25, -0.2) is 4.39 Å². The molecule has 0 aliphatic rings. The van der Waals surface area contributed by atoms with Crippen molar-refractivity contribution in [1.29, 1.82) is 0 Å². The third-order valence-corrected chi connectivity index (χ3v) is 3.38. The smallest absolute Gasteiger partial charge is 0.259 e. The van der Waals surface area contributed by atoms with Crippen molar-refractivity contribution >= 4 is 28.9 Å². The predicted octanol–water partition coefficient (Wildman–Crippen LogP) is 3.73. The number of rotatable bonds is 3. The number of carbonyl (C=O) groups excluding carboxylic acids is 1. The normalized spacial score (nSPS) is 10.3. The van der Waals surface area contributed by atoms with Crippen LogP contribution in [0.25, 0.3) is 0 Å². The fraction of sp³-hybridized carbons (Fsp3) is 0.133. The van der Waals surface area contributed by atoms with E-state index in [-0.39, 0.29) is 16.7 Å². The van der Waals surface area contributed by atoms with E-state index in [1.807, 2.05) is 6.92 Å². The highest BCUT2D eigenvalue weighted by molar-refractivity contribution is 6.36. The van der Waals surface area contributed by atoms with Gasteiger partial charge in [-0.15, -0.1) is 0 Å². The van der Waals surface area contributed by atoms with Crippen molar-refractivity contribution in [2.24, 2.45) is 0 Å². The van der Waals surface area contributed by atoms with E-state index < -0.39 is 0 Å². The summed E-state index contributed by atoms with van der Waals surface area (Å²) in [5, 5.41) is 0.234. The van der Waals surface area contributed by atoms with Crippen LogP contribution in [0.5, 0.6) is 0 Å². The van der Waals surface area contributed by atoms with Crippen LogP contribution in [-0.4, -0.2) is 12.5 Å². The minimum absolute atomic E-state index is 0.234. The van der Waals surface area contributed by atoms with Crippen molar-refractivity contribution in [3.8, 4) is 0 Å². The monoisotopic (exact) mass is 292 g/mol. The Morgan fingerprint density at radius 1 is 1.25 bits per heavy atom. The first-order valence-electron chi connectivity index (χ1n) is 6.16. The van der Waals surface area contributed by atoms with Crippen LogP contribution in [0, 0.1) is 5.82 Å². The number of carbonyl (C=O) groups is 1. The van der Waals surface area contributed by atoms with Gasteiger partial charge in [-0.3, -0.25) is 4.79 Å². The van der Waals surface area contributed by atoms with Gasteiger partial charge in [-0.2, -0.15) is 0 Å². The van der Waals surface area contributed by atoms with E-state index in [1.54, 1.807) is 30.3 Å². The van der Waals surface area contributed by atoms with Crippen LogP contribution in [0.2, 0.25) is 5.02 Å². The molecule has 0 unspecified atom stereocenters. The van der Waals surface area contributed by atoms with Gasteiger partial charge in [0.1, 0.15) is 5.82 Å². The highest BCUT2D eigenvalue weighted by Gasteiger charge is 2.19. The maximum absolute atomic E-state index is 13.0. The number of hydrogen-bond donors (Lipinski definition) is 1. The molecule has 2 aromatic rings. The van der Waals surface area contributed by atoms with Crippen molar-refractivity contribution < 1.29 is 9.18 Å². The predicted molar refractivity (Wildman–Crippen MR) is 79.6 cm³/mol. The lowest BCUT2D eigenvalue weighted by Crippen LogP contribution is -2.30. The van der Waals surface area contributed by atoms with Crippen LogP contribution < -0.4 is 10.6 Å². The zero-order valence-corrected chi connectivity index (χ0v) is 11.7. The Bertz CT molecular complexity index is 628. The molecule has 0 spiro atoms. The molecule has 0 saturated carbocycles. The molecule has 2 rings (SSSR count). The van der Waals surface area contributed by atoms with Gasteiger partial charge in [0.05, 0.1) is 16.3 Å². The van der Waals surface area contributed by atoms with Gasteiger partial charge in [0, 0.05) is 12.2 Å². The van der Waals surface area contributed by atoms with Crippen LogP contribution in [0.4, 0.5) is 15.8 Å². The number of amides is 1. The summed E-state index contributed by atoms with van der Waals surface area (Å²) in [6.07, 6.45) is 0. The van der Waals surface area contributed by atoms with Crippen LogP contribution in [0.3, 0.4) is 0 Å². The Balaban J connectivity index is 2.39. The Morgan fingerprint density at radius 3 is 2.50 bits per heavy atom. The highest BCUT2D eigenvalue weighted by atomic mass is 35.5. The first-order valence-corrected chi connectivity index (χ1v) is 6.53. The lowest BCUT2D eigenvalue weighted by molar-refractivity contribution is 0.0988. The molecule has 1 amide bonds. The summed E-state index contributed by atoms with van der Waals surface area (Å²) in [6, 6.07) is 10.7. The second-order valence-electron chi connectivity index (χ2n) is 4.23. The number of nitrogens with zero attached hydrogens (tertiary/aromatic N) is 1. The Morgan fingerprint density at radius 2 is 1.90 bits per heavy atom. The maximum Gasteiger partial charge on any atom is 0.259 e. The van der Waals surface area contributed by atoms with Crippen molar-refractivity contribution in [2.45, 2.75) is 6.92 Å². The zero-order valence-electron chi connectivity index (χ0n) is 10.9. The lowest BCUT2D eigenvalue weighted by atomic mass is 10.1. The molecular formula is C15H14ClFN2O. The number of hydrogen-bond acceptors (Lipinski definition) is 2. The highest BCUT2D eigenvalue weighted by Crippen LogP contribution is 2.26. The summed E-state index contributed by atoms with van der Waals surface area (Å²) in [5.41, 5.74) is 7.00. The van der Waals surface area contributed by atoms with Crippen LogP contribution in [0.1, 0.15) is 17.3 Å². The minimum Gasteiger partial charge on any atom is -0.398 e. The van der Waals surface area contributed by atoms with Crippen LogP contribution in [0.15, 0.2) is 42.5 Å². The number of halogens is 2. The van der Waals surface area contributed by atoms with Crippen molar-refractivity contribution in [3.05, 3.63) is 58.9 Å². The van der Waals surface area contributed by atoms with E-state index in [9.17, 15) is 9.18 Å². The molecule has 2 N–H and O–H groups in total. The topological polar surface area (TPSA) is 46.3 Å². The van der Waals surface area contributed by atoms with E-state index in [0.717, 1.165) is 0 Å². The average molecular weight is 293 g/mol. The summed E-state index contributed by atoms with van der Waals surface area (Å²) in [4.78, 5) is 14.0. The molecule has 104 valence electrons. The fourth-order valence-corrected chi connectivity index (χ4v) is 2.13. The molecule has 20 heavy (non-hydrogen) atoms. The molecule has 2 aromatic carbocycles. The van der Waals surface area contributed by atoms with Gasteiger partial charge in [-0.05, 0) is 43.3 Å². The van der Waals surface area contributed by atoms with E-state index in [1.165, 1.54) is 17.0 Å². The summed E-state index contributed by atoms with van der Waals surface area (Å²) in [5.74, 6) is -0.615. The molecule has 0 saturated heterocycles. The average Bonchev–Trinajstić information content (AvgIpc) is 2.44. The maximum atomic E-state index is 13.0. The molecule has 0 aliphatic heterocycles. The summed E-state index contributed by atoms with van der Waals surface area (Å²) in [6.45, 7) is 2.27. The fourth-order valence-electron chi connectivity index (χ4n) is 1.92. The summed E-state index contributed by atoms with van der Waals surface area (Å²) < 4.78 is 13.0. The largest absolute Gasteiger partial charge is 0.398 e. The van der Waals surface area contributed by atoms with E-state index in [0.29, 0.717) is 23.5 Å². The van der Waals surface area contributed by atoms with Gasteiger partial charge in [0.25, 0.3) is 5.91 Å². The Hall–Kier alpha value is -2.07. The van der Waals surface area contributed by atoms with Gasteiger partial charge in [-0.1, -0.05) is 17.7 Å². The zero-order chi connectivity index (χ0) is 14.7. The molecule has 0 aromatic heterocycles. The van der Waals surface area contributed by atoms with Crippen LogP contribution in [-0.2, 0) is 0 Å². The summed E-state index contributed by atoms with van der Waals surface area (Å²) in [7, 11) is 0. The van der Waals surface area contributed by atoms with Crippen molar-refractivity contribution in [3.63, 3.8) is 0 Å². The molecule has 0 fully saturated rings. The molecule has 5 heteroatoms. The second kappa shape index (κ2) is 5.92. The molecule has 0 atom stereocenters. The van der Waals surface area contributed by atoms with Gasteiger partial charge >= 0.3 is 0 Å².